The molecule has 3 heteroatoms. The first-order valence-electron chi connectivity index (χ1n) is 9.01. The van der Waals surface area contributed by atoms with Crippen molar-refractivity contribution in [3.8, 4) is 11.5 Å². The molecule has 1 aliphatic heterocycles. The summed E-state index contributed by atoms with van der Waals surface area (Å²) in [5.74, 6) is 1.66. The molecule has 0 saturated heterocycles. The highest BCUT2D eigenvalue weighted by Gasteiger charge is 2.24. The van der Waals surface area contributed by atoms with Gasteiger partial charge in [-0.25, -0.2) is 0 Å². The molecular weight excluding hydrogens is 310 g/mol. The quantitative estimate of drug-likeness (QED) is 0.878. The number of ether oxygens (including phenoxy) is 2. The molecule has 3 rings (SSSR count). The van der Waals surface area contributed by atoms with Crippen molar-refractivity contribution < 1.29 is 9.47 Å². The van der Waals surface area contributed by atoms with E-state index >= 15 is 0 Å². The normalized spacial score (nSPS) is 17.1. The van der Waals surface area contributed by atoms with Crippen molar-refractivity contribution in [3.63, 3.8) is 0 Å². The van der Waals surface area contributed by atoms with Crippen LogP contribution in [-0.4, -0.2) is 20.3 Å². The lowest BCUT2D eigenvalue weighted by atomic mass is 9.89. The third-order valence-corrected chi connectivity index (χ3v) is 4.55. The van der Waals surface area contributed by atoms with Crippen molar-refractivity contribution in [3.05, 3.63) is 58.7 Å². The van der Waals surface area contributed by atoms with E-state index in [2.05, 4.69) is 69.4 Å². The first-order chi connectivity index (χ1) is 11.9. The molecule has 0 spiro atoms. The molecule has 1 N–H and O–H groups in total. The van der Waals surface area contributed by atoms with Crippen LogP contribution in [0.5, 0.6) is 11.5 Å². The lowest BCUT2D eigenvalue weighted by Gasteiger charge is -2.29. The van der Waals surface area contributed by atoms with Crippen LogP contribution in [0.2, 0.25) is 0 Å². The van der Waals surface area contributed by atoms with Gasteiger partial charge in [-0.15, -0.1) is 0 Å². The van der Waals surface area contributed by atoms with Gasteiger partial charge in [0.15, 0.2) is 11.5 Å². The fourth-order valence-corrected chi connectivity index (χ4v) is 3.19. The van der Waals surface area contributed by atoms with Crippen molar-refractivity contribution in [2.45, 2.75) is 40.2 Å². The molecule has 0 fully saturated rings. The second-order valence-corrected chi connectivity index (χ2v) is 8.10. The summed E-state index contributed by atoms with van der Waals surface area (Å²) >= 11 is 0. The molecule has 3 nitrogen and oxygen atoms in total. The number of benzene rings is 2. The van der Waals surface area contributed by atoms with Crippen LogP contribution in [0.15, 0.2) is 36.4 Å². The van der Waals surface area contributed by atoms with Gasteiger partial charge in [-0.3, -0.25) is 0 Å². The van der Waals surface area contributed by atoms with E-state index in [-0.39, 0.29) is 11.5 Å². The Kier molecular flexibility index (Phi) is 5.05. The van der Waals surface area contributed by atoms with Crippen molar-refractivity contribution in [2.75, 3.05) is 20.3 Å². The Morgan fingerprint density at radius 2 is 1.80 bits per heavy atom. The Morgan fingerprint density at radius 3 is 2.44 bits per heavy atom. The highest BCUT2D eigenvalue weighted by Crippen LogP contribution is 2.38. The van der Waals surface area contributed by atoms with E-state index in [0.29, 0.717) is 6.61 Å². The van der Waals surface area contributed by atoms with Crippen LogP contribution >= 0.6 is 0 Å². The Hall–Kier alpha value is -2.00. The molecule has 0 aromatic heterocycles. The third kappa shape index (κ3) is 4.16. The monoisotopic (exact) mass is 339 g/mol. The Morgan fingerprint density at radius 1 is 1.08 bits per heavy atom. The van der Waals surface area contributed by atoms with Crippen LogP contribution in [0, 0.1) is 12.3 Å². The minimum absolute atomic E-state index is 0.107. The second kappa shape index (κ2) is 7.09. The number of aryl methyl sites for hydroxylation is 1. The van der Waals surface area contributed by atoms with E-state index < -0.39 is 0 Å². The summed E-state index contributed by atoms with van der Waals surface area (Å²) < 4.78 is 11.7. The van der Waals surface area contributed by atoms with E-state index in [1.54, 1.807) is 7.11 Å². The summed E-state index contributed by atoms with van der Waals surface area (Å²) in [7, 11) is 1.71. The van der Waals surface area contributed by atoms with E-state index in [1.165, 1.54) is 22.3 Å². The predicted molar refractivity (Wildman–Crippen MR) is 103 cm³/mol. The molecule has 134 valence electrons. The maximum atomic E-state index is 6.11. The highest BCUT2D eigenvalue weighted by atomic mass is 16.5. The zero-order valence-corrected chi connectivity index (χ0v) is 16.0. The van der Waals surface area contributed by atoms with Crippen molar-refractivity contribution in [1.82, 2.24) is 5.32 Å². The first-order valence-corrected chi connectivity index (χ1v) is 9.01. The summed E-state index contributed by atoms with van der Waals surface area (Å²) in [6.45, 7) is 10.3. The summed E-state index contributed by atoms with van der Waals surface area (Å²) in [6.07, 6.45) is 1.01. The topological polar surface area (TPSA) is 30.5 Å². The molecule has 0 amide bonds. The molecule has 25 heavy (non-hydrogen) atoms. The van der Waals surface area contributed by atoms with Gasteiger partial charge in [0, 0.05) is 6.54 Å². The number of fused-ring (bicyclic) bond motifs is 1. The van der Waals surface area contributed by atoms with E-state index in [1.807, 2.05) is 0 Å². The summed E-state index contributed by atoms with van der Waals surface area (Å²) in [4.78, 5) is 0. The van der Waals surface area contributed by atoms with Gasteiger partial charge < -0.3 is 14.8 Å². The molecule has 1 aliphatic rings. The lowest BCUT2D eigenvalue weighted by molar-refractivity contribution is 0.191. The number of hydrogen-bond donors (Lipinski definition) is 1. The van der Waals surface area contributed by atoms with E-state index in [0.717, 1.165) is 24.5 Å². The van der Waals surface area contributed by atoms with Crippen LogP contribution in [0.3, 0.4) is 0 Å². The molecule has 0 aliphatic carbocycles. The zero-order chi connectivity index (χ0) is 18.0. The van der Waals surface area contributed by atoms with Crippen molar-refractivity contribution in [2.24, 2.45) is 5.41 Å². The molecular formula is C22H29NO2. The molecule has 0 radical (unpaired) electrons. The average molecular weight is 339 g/mol. The number of nitrogens with one attached hydrogen (secondary N) is 1. The highest BCUT2D eigenvalue weighted by molar-refractivity contribution is 5.51. The lowest BCUT2D eigenvalue weighted by Crippen LogP contribution is -2.30. The summed E-state index contributed by atoms with van der Waals surface area (Å²) in [5, 5.41) is 3.65. The SMILES string of the molecule is COc1cc2c(cc1OCC(C)(C)C)C(c1ccc(C)cc1)NCC2. The van der Waals surface area contributed by atoms with Crippen LogP contribution < -0.4 is 14.8 Å². The standard InChI is InChI=1S/C22H29NO2/c1-15-6-8-16(9-7-15)21-18-13-20(25-14-22(2,3)4)19(24-5)12-17(18)10-11-23-21/h6-9,12-13,21,23H,10-11,14H2,1-5H3. The molecule has 1 atom stereocenters. The molecule has 0 bridgehead atoms. The van der Waals surface area contributed by atoms with Crippen molar-refractivity contribution in [1.29, 1.82) is 0 Å². The summed E-state index contributed by atoms with van der Waals surface area (Å²) in [6, 6.07) is 13.3. The molecule has 0 saturated carbocycles. The van der Waals surface area contributed by atoms with Gasteiger partial charge in [-0.2, -0.15) is 0 Å². The maximum Gasteiger partial charge on any atom is 0.161 e. The van der Waals surface area contributed by atoms with Gasteiger partial charge in [-0.05, 0) is 47.6 Å². The van der Waals surface area contributed by atoms with Crippen LogP contribution in [0.4, 0.5) is 0 Å². The van der Waals surface area contributed by atoms with Gasteiger partial charge in [0.1, 0.15) is 0 Å². The average Bonchev–Trinajstić information content (AvgIpc) is 2.58. The number of hydrogen-bond acceptors (Lipinski definition) is 3. The molecule has 1 unspecified atom stereocenters. The maximum absolute atomic E-state index is 6.11. The van der Waals surface area contributed by atoms with Gasteiger partial charge in [0.05, 0.1) is 19.8 Å². The molecule has 2 aromatic carbocycles. The second-order valence-electron chi connectivity index (χ2n) is 8.10. The van der Waals surface area contributed by atoms with Crippen molar-refractivity contribution >= 4 is 0 Å². The fraction of sp³-hybridized carbons (Fsp3) is 0.455. The van der Waals surface area contributed by atoms with Gasteiger partial charge in [0.25, 0.3) is 0 Å². The first kappa shape index (κ1) is 17.8. The molecule has 1 heterocycles. The van der Waals surface area contributed by atoms with E-state index in [4.69, 9.17) is 9.47 Å². The van der Waals surface area contributed by atoms with Gasteiger partial charge >= 0.3 is 0 Å². The Labute approximate surface area is 151 Å². The van der Waals surface area contributed by atoms with Crippen LogP contribution in [0.1, 0.15) is 49.1 Å². The Balaban J connectivity index is 1.97. The number of methoxy groups -OCH3 is 1. The van der Waals surface area contributed by atoms with Gasteiger partial charge in [-0.1, -0.05) is 50.6 Å². The molecule has 2 aromatic rings. The minimum atomic E-state index is 0.107. The predicted octanol–water partition coefficient (Wildman–Crippen LogP) is 4.66. The zero-order valence-electron chi connectivity index (χ0n) is 16.0. The van der Waals surface area contributed by atoms with Crippen LogP contribution in [0.25, 0.3) is 0 Å². The van der Waals surface area contributed by atoms with Crippen LogP contribution in [-0.2, 0) is 6.42 Å². The smallest absolute Gasteiger partial charge is 0.161 e. The Bertz CT molecular complexity index is 729. The largest absolute Gasteiger partial charge is 0.493 e. The number of rotatable bonds is 4. The summed E-state index contributed by atoms with van der Waals surface area (Å²) in [5.41, 5.74) is 5.31. The van der Waals surface area contributed by atoms with E-state index in [9.17, 15) is 0 Å². The minimum Gasteiger partial charge on any atom is -0.493 e. The fourth-order valence-electron chi connectivity index (χ4n) is 3.19. The third-order valence-electron chi connectivity index (χ3n) is 4.55. The van der Waals surface area contributed by atoms with Gasteiger partial charge in [0.2, 0.25) is 0 Å².